The maximum atomic E-state index is 11.5. The molecule has 1 aliphatic heterocycles. The molecule has 6 nitrogen and oxygen atoms in total. The molecule has 1 aromatic heterocycles. The monoisotopic (exact) mass is 323 g/mol. The maximum absolute atomic E-state index is 11.5. The Morgan fingerprint density at radius 2 is 2.08 bits per heavy atom. The van der Waals surface area contributed by atoms with Crippen molar-refractivity contribution in [2.45, 2.75) is 18.4 Å². The standard InChI is InChI=1S/C18H17N3O3/c1-24-15-6-5-14(21(22)23)16-12-3-2-4-13(12)17(20-18(15)16)11-7-9-19-10-8-11/h2-3,5-10,12-13,17,20H,4H2,1H3/t12-,13+,17-/m1/s1. The lowest BCUT2D eigenvalue weighted by Crippen LogP contribution is -2.30. The van der Waals surface area contributed by atoms with Crippen LogP contribution < -0.4 is 10.1 Å². The lowest BCUT2D eigenvalue weighted by Gasteiger charge is -2.37. The average molecular weight is 323 g/mol. The zero-order valence-electron chi connectivity index (χ0n) is 13.2. The summed E-state index contributed by atoms with van der Waals surface area (Å²) in [6.07, 6.45) is 8.64. The summed E-state index contributed by atoms with van der Waals surface area (Å²) in [4.78, 5) is 15.3. The van der Waals surface area contributed by atoms with Crippen molar-refractivity contribution in [2.24, 2.45) is 5.92 Å². The highest BCUT2D eigenvalue weighted by Crippen LogP contribution is 2.54. The number of pyridine rings is 1. The fourth-order valence-corrected chi connectivity index (χ4v) is 3.89. The summed E-state index contributed by atoms with van der Waals surface area (Å²) >= 11 is 0. The summed E-state index contributed by atoms with van der Waals surface area (Å²) in [5.41, 5.74) is 2.72. The molecule has 0 fully saturated rings. The van der Waals surface area contributed by atoms with Gasteiger partial charge in [0.2, 0.25) is 0 Å². The van der Waals surface area contributed by atoms with E-state index in [-0.39, 0.29) is 28.5 Å². The SMILES string of the molecule is COc1ccc([N+](=O)[O-])c2c1N[C@H](c1ccncc1)[C@H]1CC=C[C@@H]21. The summed E-state index contributed by atoms with van der Waals surface area (Å²) in [5, 5.41) is 15.0. The van der Waals surface area contributed by atoms with E-state index in [1.807, 2.05) is 12.1 Å². The van der Waals surface area contributed by atoms with E-state index < -0.39 is 0 Å². The van der Waals surface area contributed by atoms with Gasteiger partial charge in [0, 0.05) is 24.4 Å². The minimum Gasteiger partial charge on any atom is -0.495 e. The number of hydrogen-bond acceptors (Lipinski definition) is 5. The molecule has 0 amide bonds. The number of benzene rings is 1. The molecule has 6 heteroatoms. The van der Waals surface area contributed by atoms with Crippen molar-refractivity contribution in [1.82, 2.24) is 4.98 Å². The largest absolute Gasteiger partial charge is 0.495 e. The van der Waals surface area contributed by atoms with Gasteiger partial charge in [-0.2, -0.15) is 0 Å². The Morgan fingerprint density at radius 1 is 1.29 bits per heavy atom. The van der Waals surface area contributed by atoms with E-state index in [9.17, 15) is 10.1 Å². The van der Waals surface area contributed by atoms with Gasteiger partial charge in [-0.3, -0.25) is 15.1 Å². The summed E-state index contributed by atoms with van der Waals surface area (Å²) < 4.78 is 5.46. The zero-order valence-corrected chi connectivity index (χ0v) is 13.2. The second kappa shape index (κ2) is 5.63. The number of fused-ring (bicyclic) bond motifs is 3. The third-order valence-electron chi connectivity index (χ3n) is 4.94. The van der Waals surface area contributed by atoms with Gasteiger partial charge in [0.15, 0.2) is 0 Å². The van der Waals surface area contributed by atoms with Crippen molar-refractivity contribution in [3.8, 4) is 5.75 Å². The topological polar surface area (TPSA) is 77.3 Å². The summed E-state index contributed by atoms with van der Waals surface area (Å²) in [5.74, 6) is 0.883. The van der Waals surface area contributed by atoms with Crippen LogP contribution in [0.2, 0.25) is 0 Å². The Kier molecular flexibility index (Phi) is 3.45. The minimum absolute atomic E-state index is 0.00918. The number of ether oxygens (including phenoxy) is 1. The quantitative estimate of drug-likeness (QED) is 0.528. The van der Waals surface area contributed by atoms with E-state index >= 15 is 0 Å². The number of rotatable bonds is 3. The van der Waals surface area contributed by atoms with Crippen LogP contribution in [0.25, 0.3) is 0 Å². The molecule has 2 aliphatic rings. The molecule has 0 saturated carbocycles. The van der Waals surface area contributed by atoms with Crippen LogP contribution in [0.3, 0.4) is 0 Å². The number of nitrogens with one attached hydrogen (secondary N) is 1. The van der Waals surface area contributed by atoms with E-state index in [1.54, 1.807) is 25.6 Å². The molecule has 0 saturated heterocycles. The summed E-state index contributed by atoms with van der Waals surface area (Å²) in [7, 11) is 1.58. The smallest absolute Gasteiger partial charge is 0.275 e. The van der Waals surface area contributed by atoms with Gasteiger partial charge in [-0.05, 0) is 36.1 Å². The molecule has 1 aromatic carbocycles. The van der Waals surface area contributed by atoms with Gasteiger partial charge in [0.1, 0.15) is 5.75 Å². The molecule has 4 rings (SSSR count). The highest BCUT2D eigenvalue weighted by Gasteiger charge is 2.42. The van der Waals surface area contributed by atoms with Gasteiger partial charge in [-0.25, -0.2) is 0 Å². The fourth-order valence-electron chi connectivity index (χ4n) is 3.89. The van der Waals surface area contributed by atoms with Crippen LogP contribution in [0.1, 0.15) is 29.5 Å². The van der Waals surface area contributed by atoms with Gasteiger partial charge in [0.05, 0.1) is 29.3 Å². The number of nitrogens with zero attached hydrogens (tertiary/aromatic N) is 2. The third-order valence-corrected chi connectivity index (χ3v) is 4.94. The number of methoxy groups -OCH3 is 1. The molecule has 0 radical (unpaired) electrons. The summed E-state index contributed by atoms with van der Waals surface area (Å²) in [6, 6.07) is 7.24. The van der Waals surface area contributed by atoms with Crippen LogP contribution in [0.4, 0.5) is 11.4 Å². The lowest BCUT2D eigenvalue weighted by atomic mass is 9.76. The van der Waals surface area contributed by atoms with Crippen LogP contribution in [-0.4, -0.2) is 17.0 Å². The Labute approximate surface area is 139 Å². The van der Waals surface area contributed by atoms with Crippen LogP contribution in [-0.2, 0) is 0 Å². The molecule has 0 unspecified atom stereocenters. The molecule has 1 N–H and O–H groups in total. The molecule has 1 aliphatic carbocycles. The Morgan fingerprint density at radius 3 is 2.79 bits per heavy atom. The van der Waals surface area contributed by atoms with E-state index in [2.05, 4.69) is 22.5 Å². The van der Waals surface area contributed by atoms with E-state index in [1.165, 1.54) is 6.07 Å². The Bertz CT molecular complexity index is 820. The second-order valence-electron chi connectivity index (χ2n) is 6.09. The molecule has 0 bridgehead atoms. The second-order valence-corrected chi connectivity index (χ2v) is 6.09. The first-order valence-electron chi connectivity index (χ1n) is 7.89. The fraction of sp³-hybridized carbons (Fsp3) is 0.278. The molecule has 3 atom stereocenters. The minimum atomic E-state index is -0.310. The van der Waals surface area contributed by atoms with Crippen LogP contribution >= 0.6 is 0 Å². The van der Waals surface area contributed by atoms with Gasteiger partial charge < -0.3 is 10.1 Å². The van der Waals surface area contributed by atoms with E-state index in [0.29, 0.717) is 5.75 Å². The highest BCUT2D eigenvalue weighted by atomic mass is 16.6. The van der Waals surface area contributed by atoms with E-state index in [0.717, 1.165) is 23.2 Å². The zero-order chi connectivity index (χ0) is 16.7. The van der Waals surface area contributed by atoms with Gasteiger partial charge in [-0.1, -0.05) is 12.2 Å². The number of nitro benzene ring substituents is 1. The highest BCUT2D eigenvalue weighted by molar-refractivity contribution is 5.73. The first-order valence-corrected chi connectivity index (χ1v) is 7.89. The summed E-state index contributed by atoms with van der Waals surface area (Å²) in [6.45, 7) is 0. The van der Waals surface area contributed by atoms with Crippen molar-refractivity contribution >= 4 is 11.4 Å². The molecule has 2 heterocycles. The molecule has 24 heavy (non-hydrogen) atoms. The van der Waals surface area contributed by atoms with Crippen molar-refractivity contribution < 1.29 is 9.66 Å². The first kappa shape index (κ1) is 14.7. The average Bonchev–Trinajstić information content (AvgIpc) is 3.10. The molecule has 0 spiro atoms. The lowest BCUT2D eigenvalue weighted by molar-refractivity contribution is -0.385. The van der Waals surface area contributed by atoms with Crippen molar-refractivity contribution in [3.63, 3.8) is 0 Å². The Hall–Kier alpha value is -2.89. The number of anilines is 1. The number of allylic oxidation sites excluding steroid dienone is 2. The van der Waals surface area contributed by atoms with Gasteiger partial charge in [0.25, 0.3) is 5.69 Å². The van der Waals surface area contributed by atoms with Crippen LogP contribution in [0, 0.1) is 16.0 Å². The maximum Gasteiger partial charge on any atom is 0.275 e. The molecule has 2 aromatic rings. The molecular weight excluding hydrogens is 306 g/mol. The first-order chi connectivity index (χ1) is 11.7. The van der Waals surface area contributed by atoms with Crippen molar-refractivity contribution in [1.29, 1.82) is 0 Å². The normalized spacial score (nSPS) is 24.0. The van der Waals surface area contributed by atoms with Gasteiger partial charge >= 0.3 is 0 Å². The van der Waals surface area contributed by atoms with Crippen LogP contribution in [0.15, 0.2) is 48.8 Å². The number of aromatic nitrogens is 1. The molecular formula is C18H17N3O3. The van der Waals surface area contributed by atoms with Crippen molar-refractivity contribution in [3.05, 3.63) is 70.1 Å². The number of hydrogen-bond donors (Lipinski definition) is 1. The van der Waals surface area contributed by atoms with E-state index in [4.69, 9.17) is 4.74 Å². The molecule has 122 valence electrons. The van der Waals surface area contributed by atoms with Gasteiger partial charge in [-0.15, -0.1) is 0 Å². The van der Waals surface area contributed by atoms with Crippen molar-refractivity contribution in [2.75, 3.05) is 12.4 Å². The van der Waals surface area contributed by atoms with Crippen LogP contribution in [0.5, 0.6) is 5.75 Å². The Balaban J connectivity index is 1.90. The predicted molar refractivity (Wildman–Crippen MR) is 90.2 cm³/mol. The number of nitro groups is 1. The third kappa shape index (κ3) is 2.14. The predicted octanol–water partition coefficient (Wildman–Crippen LogP) is 3.82.